The molecule has 8 heteroatoms. The lowest BCUT2D eigenvalue weighted by Crippen LogP contribution is -2.12. The van der Waals surface area contributed by atoms with Gasteiger partial charge in [0.1, 0.15) is 28.0 Å². The molecule has 2 rings (SSSR count). The molecule has 6 nitrogen and oxygen atoms in total. The highest BCUT2D eigenvalue weighted by Crippen LogP contribution is 2.36. The number of nitrogens with one attached hydrogen (secondary N) is 1. The Morgan fingerprint density at radius 1 is 1.19 bits per heavy atom. The van der Waals surface area contributed by atoms with Gasteiger partial charge >= 0.3 is 0 Å². The first-order valence-electron chi connectivity index (χ1n) is 5.85. The highest BCUT2D eigenvalue weighted by Gasteiger charge is 2.11. The van der Waals surface area contributed by atoms with Crippen molar-refractivity contribution in [3.05, 3.63) is 35.2 Å². The van der Waals surface area contributed by atoms with Gasteiger partial charge in [-0.2, -0.15) is 0 Å². The molecule has 0 amide bonds. The SMILES string of the molecule is COc1cc(Nc2cnc(C(N)=S)cn2)c(OC)cc1Cl. The van der Waals surface area contributed by atoms with Crippen LogP contribution in [0.15, 0.2) is 24.5 Å². The van der Waals surface area contributed by atoms with Gasteiger partial charge in [-0.25, -0.2) is 9.97 Å². The molecule has 3 N–H and O–H groups in total. The smallest absolute Gasteiger partial charge is 0.149 e. The van der Waals surface area contributed by atoms with E-state index in [0.29, 0.717) is 33.7 Å². The van der Waals surface area contributed by atoms with Crippen LogP contribution in [0.3, 0.4) is 0 Å². The number of ether oxygens (including phenoxy) is 2. The average Bonchev–Trinajstić information content (AvgIpc) is 2.49. The highest BCUT2D eigenvalue weighted by molar-refractivity contribution is 7.80. The standard InChI is InChI=1S/C13H13ClN4O2S/c1-19-10-4-8(11(20-2)3-7(10)14)18-12-6-16-9(5-17-12)13(15)21/h3-6H,1-2H3,(H2,15,21)(H,17,18). The third kappa shape index (κ3) is 3.50. The maximum Gasteiger partial charge on any atom is 0.149 e. The molecule has 0 saturated carbocycles. The van der Waals surface area contributed by atoms with E-state index in [9.17, 15) is 0 Å². The number of nitrogens with two attached hydrogens (primary N) is 1. The topological polar surface area (TPSA) is 82.3 Å². The molecule has 1 aromatic carbocycles. The van der Waals surface area contributed by atoms with Crippen LogP contribution in [-0.4, -0.2) is 29.2 Å². The molecular weight excluding hydrogens is 312 g/mol. The van der Waals surface area contributed by atoms with Crippen molar-refractivity contribution in [2.75, 3.05) is 19.5 Å². The quantitative estimate of drug-likeness (QED) is 0.818. The molecule has 0 bridgehead atoms. The van der Waals surface area contributed by atoms with Gasteiger partial charge in [0, 0.05) is 12.1 Å². The summed E-state index contributed by atoms with van der Waals surface area (Å²) in [5.41, 5.74) is 6.58. The molecule has 0 aliphatic carbocycles. The van der Waals surface area contributed by atoms with Crippen molar-refractivity contribution in [2.45, 2.75) is 0 Å². The van der Waals surface area contributed by atoms with Gasteiger partial charge in [0.05, 0.1) is 37.3 Å². The van der Waals surface area contributed by atoms with E-state index in [0.717, 1.165) is 0 Å². The fourth-order valence-electron chi connectivity index (χ4n) is 1.62. The van der Waals surface area contributed by atoms with Crippen LogP contribution in [0.25, 0.3) is 0 Å². The summed E-state index contributed by atoms with van der Waals surface area (Å²) in [6, 6.07) is 3.36. The summed E-state index contributed by atoms with van der Waals surface area (Å²) < 4.78 is 10.4. The summed E-state index contributed by atoms with van der Waals surface area (Å²) in [4.78, 5) is 8.47. The molecule has 21 heavy (non-hydrogen) atoms. The lowest BCUT2D eigenvalue weighted by atomic mass is 10.2. The summed E-state index contributed by atoms with van der Waals surface area (Å²) in [6.07, 6.45) is 3.01. The van der Waals surface area contributed by atoms with Crippen LogP contribution in [-0.2, 0) is 0 Å². The lowest BCUT2D eigenvalue weighted by molar-refractivity contribution is 0.405. The van der Waals surface area contributed by atoms with Crippen molar-refractivity contribution in [1.29, 1.82) is 0 Å². The number of hydrogen-bond acceptors (Lipinski definition) is 6. The average molecular weight is 325 g/mol. The Balaban J connectivity index is 2.31. The Morgan fingerprint density at radius 2 is 1.90 bits per heavy atom. The van der Waals surface area contributed by atoms with Crippen LogP contribution in [0.5, 0.6) is 11.5 Å². The number of halogens is 1. The number of rotatable bonds is 5. The van der Waals surface area contributed by atoms with Crippen LogP contribution in [0.2, 0.25) is 5.02 Å². The van der Waals surface area contributed by atoms with Gasteiger partial charge < -0.3 is 20.5 Å². The molecular formula is C13H13ClN4O2S. The summed E-state index contributed by atoms with van der Waals surface area (Å²) in [6.45, 7) is 0. The number of anilines is 2. The van der Waals surface area contributed by atoms with Gasteiger partial charge in [-0.3, -0.25) is 0 Å². The first-order valence-corrected chi connectivity index (χ1v) is 6.64. The monoisotopic (exact) mass is 324 g/mol. The van der Waals surface area contributed by atoms with Crippen molar-refractivity contribution in [3.8, 4) is 11.5 Å². The van der Waals surface area contributed by atoms with Crippen LogP contribution in [0.1, 0.15) is 5.69 Å². The molecule has 1 heterocycles. The van der Waals surface area contributed by atoms with Crippen molar-refractivity contribution in [2.24, 2.45) is 5.73 Å². The predicted molar refractivity (Wildman–Crippen MR) is 85.8 cm³/mol. The van der Waals surface area contributed by atoms with Crippen LogP contribution < -0.4 is 20.5 Å². The normalized spacial score (nSPS) is 10.0. The zero-order valence-corrected chi connectivity index (χ0v) is 13.0. The van der Waals surface area contributed by atoms with E-state index in [1.165, 1.54) is 19.5 Å². The maximum absolute atomic E-state index is 6.05. The minimum absolute atomic E-state index is 0.194. The fourth-order valence-corrected chi connectivity index (χ4v) is 1.95. The predicted octanol–water partition coefficient (Wildman–Crippen LogP) is 2.53. The Labute approximate surface area is 132 Å². The van der Waals surface area contributed by atoms with Crippen molar-refractivity contribution in [3.63, 3.8) is 0 Å². The van der Waals surface area contributed by atoms with E-state index >= 15 is 0 Å². The van der Waals surface area contributed by atoms with Gasteiger partial charge in [-0.1, -0.05) is 23.8 Å². The summed E-state index contributed by atoms with van der Waals surface area (Å²) in [7, 11) is 3.08. The molecule has 0 unspecified atom stereocenters. The molecule has 0 spiro atoms. The minimum Gasteiger partial charge on any atom is -0.495 e. The first-order chi connectivity index (χ1) is 10.0. The molecule has 0 atom stereocenters. The third-order valence-electron chi connectivity index (χ3n) is 2.64. The van der Waals surface area contributed by atoms with E-state index in [-0.39, 0.29) is 4.99 Å². The molecule has 0 radical (unpaired) electrons. The second-order valence-corrected chi connectivity index (χ2v) is 4.81. The number of benzene rings is 1. The van der Waals surface area contributed by atoms with E-state index in [1.54, 1.807) is 19.2 Å². The zero-order valence-electron chi connectivity index (χ0n) is 11.4. The Hall–Kier alpha value is -2.12. The van der Waals surface area contributed by atoms with Crippen LogP contribution in [0, 0.1) is 0 Å². The van der Waals surface area contributed by atoms with E-state index in [1.807, 2.05) is 0 Å². The molecule has 1 aromatic heterocycles. The van der Waals surface area contributed by atoms with Crippen molar-refractivity contribution in [1.82, 2.24) is 9.97 Å². The lowest BCUT2D eigenvalue weighted by Gasteiger charge is -2.13. The second kappa shape index (κ2) is 6.55. The van der Waals surface area contributed by atoms with Crippen LogP contribution in [0.4, 0.5) is 11.5 Å². The molecule has 0 saturated heterocycles. The fraction of sp³-hybridized carbons (Fsp3) is 0.154. The van der Waals surface area contributed by atoms with Crippen molar-refractivity contribution < 1.29 is 9.47 Å². The van der Waals surface area contributed by atoms with Gasteiger partial charge in [-0.05, 0) is 0 Å². The second-order valence-electron chi connectivity index (χ2n) is 3.96. The molecule has 110 valence electrons. The first kappa shape index (κ1) is 15.3. The largest absolute Gasteiger partial charge is 0.495 e. The molecule has 2 aromatic rings. The Kier molecular flexibility index (Phi) is 4.77. The number of methoxy groups -OCH3 is 2. The third-order valence-corrected chi connectivity index (χ3v) is 3.15. The summed E-state index contributed by atoms with van der Waals surface area (Å²) >= 11 is 10.9. The summed E-state index contributed by atoms with van der Waals surface area (Å²) in [5, 5.41) is 3.52. The van der Waals surface area contributed by atoms with Crippen LogP contribution >= 0.6 is 23.8 Å². The molecule has 0 fully saturated rings. The molecule has 0 aliphatic heterocycles. The minimum atomic E-state index is 0.194. The number of aromatic nitrogens is 2. The van der Waals surface area contributed by atoms with E-state index in [4.69, 9.17) is 39.0 Å². The Morgan fingerprint density at radius 3 is 2.43 bits per heavy atom. The number of nitrogens with zero attached hydrogens (tertiary/aromatic N) is 2. The van der Waals surface area contributed by atoms with Gasteiger partial charge in [0.15, 0.2) is 0 Å². The van der Waals surface area contributed by atoms with Gasteiger partial charge in [-0.15, -0.1) is 0 Å². The molecule has 0 aliphatic rings. The zero-order chi connectivity index (χ0) is 15.4. The van der Waals surface area contributed by atoms with E-state index in [2.05, 4.69) is 15.3 Å². The highest BCUT2D eigenvalue weighted by atomic mass is 35.5. The summed E-state index contributed by atoms with van der Waals surface area (Å²) in [5.74, 6) is 1.59. The van der Waals surface area contributed by atoms with Gasteiger partial charge in [0.25, 0.3) is 0 Å². The van der Waals surface area contributed by atoms with Crippen molar-refractivity contribution >= 4 is 40.3 Å². The number of hydrogen-bond donors (Lipinski definition) is 2. The van der Waals surface area contributed by atoms with E-state index < -0.39 is 0 Å². The van der Waals surface area contributed by atoms with Gasteiger partial charge in [0.2, 0.25) is 0 Å². The Bertz CT molecular complexity index is 664. The maximum atomic E-state index is 6.05. The number of thiocarbonyl (C=S) groups is 1.